The maximum atomic E-state index is 4.79. The second-order valence-corrected chi connectivity index (χ2v) is 6.17. The number of hydrogen-bond acceptors (Lipinski definition) is 1. The van der Waals surface area contributed by atoms with E-state index in [-0.39, 0.29) is 0 Å². The number of halogens is 1. The number of fused-ring (bicyclic) bond motifs is 2. The molecule has 0 aliphatic heterocycles. The first kappa shape index (κ1) is 13.5. The lowest BCUT2D eigenvalue weighted by Gasteiger charge is -2.12. The van der Waals surface area contributed by atoms with Crippen LogP contribution in [0.3, 0.4) is 0 Å². The molecule has 0 fully saturated rings. The number of aromatic nitrogens is 2. The number of para-hydroxylation sites is 2. The van der Waals surface area contributed by atoms with E-state index in [9.17, 15) is 0 Å². The van der Waals surface area contributed by atoms with Crippen molar-refractivity contribution in [3.63, 3.8) is 0 Å². The quantitative estimate of drug-likeness (QED) is 0.466. The van der Waals surface area contributed by atoms with Crippen LogP contribution in [-0.2, 0) is 6.42 Å². The van der Waals surface area contributed by atoms with E-state index in [0.717, 1.165) is 27.8 Å². The molecule has 108 valence electrons. The lowest BCUT2D eigenvalue weighted by Crippen LogP contribution is -2.01. The van der Waals surface area contributed by atoms with Crippen LogP contribution in [0.25, 0.3) is 27.5 Å². The van der Waals surface area contributed by atoms with Crippen LogP contribution in [0, 0.1) is 0 Å². The number of hydrogen-bond donors (Lipinski definition) is 0. The van der Waals surface area contributed by atoms with Gasteiger partial charge in [-0.1, -0.05) is 59.3 Å². The van der Waals surface area contributed by atoms with Gasteiger partial charge in [0.15, 0.2) is 0 Å². The summed E-state index contributed by atoms with van der Waals surface area (Å²) in [6.45, 7) is 2.15. The Morgan fingerprint density at radius 3 is 2.45 bits per heavy atom. The molecule has 0 unspecified atom stereocenters. The van der Waals surface area contributed by atoms with Gasteiger partial charge in [0.05, 0.1) is 16.7 Å². The zero-order valence-corrected chi connectivity index (χ0v) is 13.8. The summed E-state index contributed by atoms with van der Waals surface area (Å²) in [4.78, 5) is 4.79. The smallest absolute Gasteiger partial charge is 0.114 e. The van der Waals surface area contributed by atoms with E-state index in [2.05, 4.69) is 82.0 Å². The highest BCUT2D eigenvalue weighted by Gasteiger charge is 2.13. The molecule has 4 aromatic rings. The first-order valence-corrected chi connectivity index (χ1v) is 8.23. The molecule has 0 bridgehead atoms. The molecule has 4 rings (SSSR count). The van der Waals surface area contributed by atoms with Gasteiger partial charge in [-0.3, -0.25) is 4.57 Å². The maximum Gasteiger partial charge on any atom is 0.114 e. The van der Waals surface area contributed by atoms with Crippen molar-refractivity contribution in [1.29, 1.82) is 0 Å². The third-order valence-corrected chi connectivity index (χ3v) is 4.73. The molecule has 0 aliphatic rings. The molecular formula is C19H15BrN2. The Balaban J connectivity index is 2.14. The van der Waals surface area contributed by atoms with Crippen molar-refractivity contribution >= 4 is 37.7 Å². The van der Waals surface area contributed by atoms with Crippen LogP contribution < -0.4 is 0 Å². The lowest BCUT2D eigenvalue weighted by molar-refractivity contribution is 0.912. The molecule has 3 heteroatoms. The van der Waals surface area contributed by atoms with Crippen LogP contribution in [0.4, 0.5) is 0 Å². The second-order valence-electron chi connectivity index (χ2n) is 5.32. The van der Waals surface area contributed by atoms with E-state index < -0.39 is 0 Å². The number of rotatable bonds is 2. The van der Waals surface area contributed by atoms with E-state index in [1.807, 2.05) is 6.07 Å². The van der Waals surface area contributed by atoms with Crippen molar-refractivity contribution in [1.82, 2.24) is 9.55 Å². The van der Waals surface area contributed by atoms with Crippen LogP contribution in [0.15, 0.2) is 65.1 Å². The fourth-order valence-electron chi connectivity index (χ4n) is 3.02. The highest BCUT2D eigenvalue weighted by atomic mass is 79.9. The molecule has 0 amide bonds. The molecule has 0 atom stereocenters. The van der Waals surface area contributed by atoms with Gasteiger partial charge in [0.25, 0.3) is 0 Å². The van der Waals surface area contributed by atoms with Crippen LogP contribution in [-0.4, -0.2) is 9.55 Å². The largest absolute Gasteiger partial charge is 0.296 e. The molecule has 0 radical (unpaired) electrons. The van der Waals surface area contributed by atoms with E-state index in [4.69, 9.17) is 4.98 Å². The van der Waals surface area contributed by atoms with Gasteiger partial charge in [0.2, 0.25) is 0 Å². The summed E-state index contributed by atoms with van der Waals surface area (Å²) in [5.41, 5.74) is 3.39. The number of nitrogens with zero attached hydrogens (tertiary/aromatic N) is 2. The summed E-state index contributed by atoms with van der Waals surface area (Å²) in [6, 6.07) is 21.1. The van der Waals surface area contributed by atoms with Gasteiger partial charge in [0.1, 0.15) is 5.82 Å². The zero-order valence-electron chi connectivity index (χ0n) is 12.3. The van der Waals surface area contributed by atoms with Crippen LogP contribution >= 0.6 is 15.9 Å². The molecule has 0 N–H and O–H groups in total. The Kier molecular flexibility index (Phi) is 3.23. The average molecular weight is 351 g/mol. The third-order valence-electron chi connectivity index (χ3n) is 4.04. The number of benzene rings is 3. The Bertz CT molecular complexity index is 985. The summed E-state index contributed by atoms with van der Waals surface area (Å²) in [5, 5.41) is 2.45. The van der Waals surface area contributed by atoms with E-state index in [0.29, 0.717) is 0 Å². The van der Waals surface area contributed by atoms with Crippen molar-refractivity contribution < 1.29 is 0 Å². The summed E-state index contributed by atoms with van der Waals surface area (Å²) >= 11 is 3.65. The third kappa shape index (κ3) is 1.97. The maximum absolute atomic E-state index is 4.79. The Morgan fingerprint density at radius 2 is 1.64 bits per heavy atom. The minimum Gasteiger partial charge on any atom is -0.296 e. The summed E-state index contributed by atoms with van der Waals surface area (Å²) in [6.07, 6.45) is 0.902. The van der Waals surface area contributed by atoms with Crippen molar-refractivity contribution in [2.24, 2.45) is 0 Å². The Morgan fingerprint density at radius 1 is 0.909 bits per heavy atom. The molecule has 0 aliphatic carbocycles. The first-order chi connectivity index (χ1) is 10.8. The minimum absolute atomic E-state index is 0.902. The van der Waals surface area contributed by atoms with Crippen LogP contribution in [0.5, 0.6) is 0 Å². The fraction of sp³-hybridized carbons (Fsp3) is 0.105. The fourth-order valence-corrected chi connectivity index (χ4v) is 3.50. The van der Waals surface area contributed by atoms with Crippen molar-refractivity contribution in [3.8, 4) is 5.69 Å². The zero-order chi connectivity index (χ0) is 15.1. The van der Waals surface area contributed by atoms with Gasteiger partial charge in [-0.25, -0.2) is 4.98 Å². The molecule has 2 nitrogen and oxygen atoms in total. The predicted octanol–water partition coefficient (Wildman–Crippen LogP) is 5.50. The van der Waals surface area contributed by atoms with Gasteiger partial charge in [0, 0.05) is 16.3 Å². The molecule has 0 saturated carbocycles. The van der Waals surface area contributed by atoms with Crippen molar-refractivity contribution in [2.45, 2.75) is 13.3 Å². The highest BCUT2D eigenvalue weighted by Crippen LogP contribution is 2.32. The van der Waals surface area contributed by atoms with Crippen molar-refractivity contribution in [3.05, 3.63) is 71.0 Å². The van der Waals surface area contributed by atoms with Gasteiger partial charge < -0.3 is 0 Å². The Hall–Kier alpha value is -2.13. The molecule has 1 heterocycles. The molecule has 0 spiro atoms. The van der Waals surface area contributed by atoms with Crippen molar-refractivity contribution in [2.75, 3.05) is 0 Å². The van der Waals surface area contributed by atoms with Crippen LogP contribution in [0.2, 0.25) is 0 Å². The normalized spacial score (nSPS) is 11.4. The van der Waals surface area contributed by atoms with Gasteiger partial charge in [-0.15, -0.1) is 0 Å². The topological polar surface area (TPSA) is 17.8 Å². The highest BCUT2D eigenvalue weighted by molar-refractivity contribution is 9.10. The molecule has 22 heavy (non-hydrogen) atoms. The second kappa shape index (κ2) is 5.25. The predicted molar refractivity (Wildman–Crippen MR) is 95.7 cm³/mol. The average Bonchev–Trinajstić information content (AvgIpc) is 2.94. The SMILES string of the molecule is CCc1nc2ccccc2n1-c1ccc(Br)c2ccccc12. The standard InChI is InChI=1S/C19H15BrN2/c1-2-19-21-16-9-5-6-10-18(16)22(19)17-12-11-15(20)13-7-3-4-8-14(13)17/h3-12H,2H2,1H3. The Labute approximate surface area is 137 Å². The van der Waals surface area contributed by atoms with Crippen LogP contribution in [0.1, 0.15) is 12.7 Å². The summed E-state index contributed by atoms with van der Waals surface area (Å²) in [5.74, 6) is 1.09. The minimum atomic E-state index is 0.902. The lowest BCUT2D eigenvalue weighted by atomic mass is 10.1. The van der Waals surface area contributed by atoms with E-state index in [1.165, 1.54) is 16.5 Å². The molecule has 0 saturated heterocycles. The van der Waals surface area contributed by atoms with E-state index >= 15 is 0 Å². The number of imidazole rings is 1. The van der Waals surface area contributed by atoms with E-state index in [1.54, 1.807) is 0 Å². The van der Waals surface area contributed by atoms with Gasteiger partial charge in [-0.05, 0) is 29.7 Å². The monoisotopic (exact) mass is 350 g/mol. The summed E-state index contributed by atoms with van der Waals surface area (Å²) < 4.78 is 3.40. The summed E-state index contributed by atoms with van der Waals surface area (Å²) in [7, 11) is 0. The van der Waals surface area contributed by atoms with Gasteiger partial charge in [-0.2, -0.15) is 0 Å². The molecular weight excluding hydrogens is 336 g/mol. The van der Waals surface area contributed by atoms with Gasteiger partial charge >= 0.3 is 0 Å². The molecule has 3 aromatic carbocycles. The first-order valence-electron chi connectivity index (χ1n) is 7.43. The number of aryl methyl sites for hydroxylation is 1. The molecule has 1 aromatic heterocycles.